The van der Waals surface area contributed by atoms with Crippen molar-refractivity contribution in [3.8, 4) is 5.75 Å². The maximum absolute atomic E-state index is 12.6. The highest BCUT2D eigenvalue weighted by molar-refractivity contribution is 5.82. The lowest BCUT2D eigenvalue weighted by atomic mass is 10.2. The third-order valence-electron chi connectivity index (χ3n) is 3.08. The summed E-state index contributed by atoms with van der Waals surface area (Å²) in [6, 6.07) is 8.79. The summed E-state index contributed by atoms with van der Waals surface area (Å²) < 4.78 is 43.1. The molecular formula is C16H14F3N3O3. The summed E-state index contributed by atoms with van der Waals surface area (Å²) in [5, 5.41) is 14.8. The summed E-state index contributed by atoms with van der Waals surface area (Å²) in [5.41, 5.74) is 1.99. The van der Waals surface area contributed by atoms with E-state index in [0.717, 1.165) is 12.1 Å². The molecule has 0 aliphatic rings. The minimum absolute atomic E-state index is 0.135. The average Bonchev–Trinajstić information content (AvgIpc) is 2.55. The fraction of sp³-hybridized carbons (Fsp3) is 0.188. The number of hydrogen-bond donors (Lipinski definition) is 1. The van der Waals surface area contributed by atoms with Crippen LogP contribution in [0.1, 0.15) is 18.1 Å². The standard InChI is InChI=1S/C16H14F3N3O3/c1-2-25-15-7-6-11(8-14(15)22(23)24)10-20-21-13-5-3-4-12(9-13)16(17,18)19/h3-10,21H,2H2,1H3. The monoisotopic (exact) mass is 353 g/mol. The van der Waals surface area contributed by atoms with Gasteiger partial charge in [-0.3, -0.25) is 15.5 Å². The maximum atomic E-state index is 12.6. The second kappa shape index (κ2) is 7.65. The zero-order chi connectivity index (χ0) is 18.4. The SMILES string of the molecule is CCOc1ccc(C=NNc2cccc(C(F)(F)F)c2)cc1[N+](=O)[O-]. The van der Waals surface area contributed by atoms with E-state index in [1.54, 1.807) is 13.0 Å². The van der Waals surface area contributed by atoms with Gasteiger partial charge in [0, 0.05) is 11.6 Å². The van der Waals surface area contributed by atoms with Gasteiger partial charge in [0.15, 0.2) is 5.75 Å². The van der Waals surface area contributed by atoms with Crippen molar-refractivity contribution in [2.24, 2.45) is 5.10 Å². The van der Waals surface area contributed by atoms with Crippen LogP contribution in [-0.4, -0.2) is 17.7 Å². The Morgan fingerprint density at radius 3 is 2.68 bits per heavy atom. The number of rotatable bonds is 6. The van der Waals surface area contributed by atoms with Crippen LogP contribution < -0.4 is 10.2 Å². The molecule has 2 rings (SSSR count). The largest absolute Gasteiger partial charge is 0.487 e. The molecule has 0 amide bonds. The van der Waals surface area contributed by atoms with Gasteiger partial charge in [-0.2, -0.15) is 18.3 Å². The number of benzene rings is 2. The fourth-order valence-electron chi connectivity index (χ4n) is 1.98. The van der Waals surface area contributed by atoms with E-state index >= 15 is 0 Å². The molecule has 0 radical (unpaired) electrons. The Morgan fingerprint density at radius 1 is 1.28 bits per heavy atom. The first-order valence-corrected chi connectivity index (χ1v) is 7.19. The molecule has 0 unspecified atom stereocenters. The van der Waals surface area contributed by atoms with Gasteiger partial charge in [0.25, 0.3) is 0 Å². The molecule has 0 saturated carbocycles. The van der Waals surface area contributed by atoms with Crippen molar-refractivity contribution in [1.82, 2.24) is 0 Å². The number of halogens is 3. The van der Waals surface area contributed by atoms with E-state index in [1.807, 2.05) is 0 Å². The van der Waals surface area contributed by atoms with Crippen LogP contribution in [0.25, 0.3) is 0 Å². The smallest absolute Gasteiger partial charge is 0.416 e. The van der Waals surface area contributed by atoms with Crippen LogP contribution in [-0.2, 0) is 6.18 Å². The first kappa shape index (κ1) is 18.2. The number of hydrazone groups is 1. The number of nitro groups is 1. The molecule has 0 saturated heterocycles. The van der Waals surface area contributed by atoms with Gasteiger partial charge in [-0.1, -0.05) is 6.07 Å². The molecule has 2 aromatic rings. The molecule has 6 nitrogen and oxygen atoms in total. The number of nitro benzene ring substituents is 1. The third-order valence-corrected chi connectivity index (χ3v) is 3.08. The van der Waals surface area contributed by atoms with Crippen molar-refractivity contribution in [1.29, 1.82) is 0 Å². The summed E-state index contributed by atoms with van der Waals surface area (Å²) in [7, 11) is 0. The minimum atomic E-state index is -4.45. The second-order valence-electron chi connectivity index (χ2n) is 4.87. The zero-order valence-corrected chi connectivity index (χ0v) is 13.1. The van der Waals surface area contributed by atoms with Crippen LogP contribution in [0, 0.1) is 10.1 Å². The van der Waals surface area contributed by atoms with E-state index in [0.29, 0.717) is 5.56 Å². The number of hydrogen-bond acceptors (Lipinski definition) is 5. The Labute approximate surface area is 141 Å². The number of nitrogens with one attached hydrogen (secondary N) is 1. The highest BCUT2D eigenvalue weighted by Crippen LogP contribution is 2.30. The summed E-state index contributed by atoms with van der Waals surface area (Å²) in [6.45, 7) is 1.99. The Hall–Kier alpha value is -3.10. The normalized spacial score (nSPS) is 11.5. The maximum Gasteiger partial charge on any atom is 0.416 e. The minimum Gasteiger partial charge on any atom is -0.487 e. The van der Waals surface area contributed by atoms with Crippen LogP contribution in [0.2, 0.25) is 0 Å². The lowest BCUT2D eigenvalue weighted by molar-refractivity contribution is -0.385. The highest BCUT2D eigenvalue weighted by Gasteiger charge is 2.30. The molecule has 25 heavy (non-hydrogen) atoms. The molecule has 0 spiro atoms. The number of ether oxygens (including phenoxy) is 1. The van der Waals surface area contributed by atoms with Crippen LogP contribution in [0.15, 0.2) is 47.6 Å². The molecule has 132 valence electrons. The van der Waals surface area contributed by atoms with Crippen LogP contribution >= 0.6 is 0 Å². The lowest BCUT2D eigenvalue weighted by Gasteiger charge is -2.08. The number of anilines is 1. The molecule has 2 aromatic carbocycles. The van der Waals surface area contributed by atoms with Crippen molar-refractivity contribution < 1.29 is 22.8 Å². The van der Waals surface area contributed by atoms with Crippen LogP contribution in [0.5, 0.6) is 5.75 Å². The topological polar surface area (TPSA) is 76.8 Å². The molecule has 1 N–H and O–H groups in total. The Bertz CT molecular complexity index is 792. The molecule has 0 aliphatic carbocycles. The summed E-state index contributed by atoms with van der Waals surface area (Å²) in [5.74, 6) is 0.135. The Morgan fingerprint density at radius 2 is 2.04 bits per heavy atom. The van der Waals surface area contributed by atoms with Gasteiger partial charge in [-0.25, -0.2) is 0 Å². The Balaban J connectivity index is 2.15. The second-order valence-corrected chi connectivity index (χ2v) is 4.87. The molecule has 0 heterocycles. The first-order valence-electron chi connectivity index (χ1n) is 7.19. The predicted molar refractivity (Wildman–Crippen MR) is 86.9 cm³/mol. The fourth-order valence-corrected chi connectivity index (χ4v) is 1.98. The summed E-state index contributed by atoms with van der Waals surface area (Å²) in [4.78, 5) is 10.5. The van der Waals surface area contributed by atoms with Crippen molar-refractivity contribution in [3.05, 3.63) is 63.7 Å². The van der Waals surface area contributed by atoms with Gasteiger partial charge < -0.3 is 4.74 Å². The van der Waals surface area contributed by atoms with E-state index in [-0.39, 0.29) is 23.7 Å². The van der Waals surface area contributed by atoms with Gasteiger partial charge in [0.2, 0.25) is 0 Å². The van der Waals surface area contributed by atoms with Crippen molar-refractivity contribution >= 4 is 17.6 Å². The quantitative estimate of drug-likeness (QED) is 0.473. The van der Waals surface area contributed by atoms with E-state index in [2.05, 4.69) is 10.5 Å². The molecular weight excluding hydrogens is 339 g/mol. The first-order chi connectivity index (χ1) is 11.8. The van der Waals surface area contributed by atoms with E-state index in [1.165, 1.54) is 30.5 Å². The third kappa shape index (κ3) is 4.93. The van der Waals surface area contributed by atoms with E-state index in [4.69, 9.17) is 4.74 Å². The predicted octanol–water partition coefficient (Wildman–Crippen LogP) is 4.46. The molecule has 0 fully saturated rings. The molecule has 0 aromatic heterocycles. The molecule has 0 atom stereocenters. The van der Waals surface area contributed by atoms with Crippen LogP contribution in [0.3, 0.4) is 0 Å². The van der Waals surface area contributed by atoms with Gasteiger partial charge in [-0.15, -0.1) is 0 Å². The van der Waals surface area contributed by atoms with E-state index < -0.39 is 16.7 Å². The van der Waals surface area contributed by atoms with Gasteiger partial charge in [-0.05, 0) is 37.3 Å². The zero-order valence-electron chi connectivity index (χ0n) is 13.1. The number of alkyl halides is 3. The molecule has 9 heteroatoms. The lowest BCUT2D eigenvalue weighted by Crippen LogP contribution is -2.05. The summed E-state index contributed by atoms with van der Waals surface area (Å²) >= 11 is 0. The van der Waals surface area contributed by atoms with E-state index in [9.17, 15) is 23.3 Å². The molecule has 0 bridgehead atoms. The number of nitrogens with zero attached hydrogens (tertiary/aromatic N) is 2. The van der Waals surface area contributed by atoms with Crippen molar-refractivity contribution in [2.45, 2.75) is 13.1 Å². The highest BCUT2D eigenvalue weighted by atomic mass is 19.4. The van der Waals surface area contributed by atoms with Gasteiger partial charge in [0.05, 0.1) is 29.0 Å². The van der Waals surface area contributed by atoms with Gasteiger partial charge in [0.1, 0.15) is 0 Å². The Kier molecular flexibility index (Phi) is 5.58. The van der Waals surface area contributed by atoms with Crippen molar-refractivity contribution in [3.63, 3.8) is 0 Å². The van der Waals surface area contributed by atoms with Crippen LogP contribution in [0.4, 0.5) is 24.5 Å². The van der Waals surface area contributed by atoms with Crippen molar-refractivity contribution in [2.75, 3.05) is 12.0 Å². The summed E-state index contributed by atoms with van der Waals surface area (Å²) in [6.07, 6.45) is -3.18. The molecule has 0 aliphatic heterocycles. The average molecular weight is 353 g/mol. The van der Waals surface area contributed by atoms with Gasteiger partial charge >= 0.3 is 11.9 Å².